The van der Waals surface area contributed by atoms with Gasteiger partial charge in [0.2, 0.25) is 10.0 Å². The maximum Gasteiger partial charge on any atom is 0.243 e. The predicted octanol–water partition coefficient (Wildman–Crippen LogP) is 1.45. The van der Waals surface area contributed by atoms with E-state index in [0.29, 0.717) is 11.1 Å². The van der Waals surface area contributed by atoms with Crippen LogP contribution in [0, 0.1) is 19.7 Å². The van der Waals surface area contributed by atoms with Crippen LogP contribution in [0.1, 0.15) is 18.1 Å². The topological polar surface area (TPSA) is 57.6 Å². The number of hydrogen-bond donors (Lipinski definition) is 1. The molecule has 1 rings (SSSR count). The third-order valence-electron chi connectivity index (χ3n) is 2.73. The number of halogens is 1. The van der Waals surface area contributed by atoms with Crippen molar-refractivity contribution in [2.24, 2.45) is 0 Å². The fraction of sp³-hybridized carbons (Fsp3) is 0.500. The van der Waals surface area contributed by atoms with E-state index in [9.17, 15) is 12.8 Å². The molecule has 0 aliphatic heterocycles. The lowest BCUT2D eigenvalue weighted by atomic mass is 10.1. The van der Waals surface area contributed by atoms with Crippen LogP contribution in [-0.4, -0.2) is 37.5 Å². The van der Waals surface area contributed by atoms with Gasteiger partial charge < -0.3 is 5.11 Å². The molecule has 1 aromatic rings. The van der Waals surface area contributed by atoms with Crippen molar-refractivity contribution in [2.45, 2.75) is 25.7 Å². The summed E-state index contributed by atoms with van der Waals surface area (Å²) in [4.78, 5) is 0.124. The Labute approximate surface area is 107 Å². The first-order chi connectivity index (χ1) is 8.34. The fourth-order valence-corrected chi connectivity index (χ4v) is 3.84. The van der Waals surface area contributed by atoms with Crippen LogP contribution in [0.2, 0.25) is 0 Å². The summed E-state index contributed by atoms with van der Waals surface area (Å²) < 4.78 is 39.2. The van der Waals surface area contributed by atoms with Gasteiger partial charge in [0.15, 0.2) is 0 Å². The Morgan fingerprint density at radius 3 is 2.17 bits per heavy atom. The molecular formula is C12H18FNO3S. The highest BCUT2D eigenvalue weighted by molar-refractivity contribution is 7.89. The Bertz CT molecular complexity index is 505. The molecule has 0 aromatic heterocycles. The van der Waals surface area contributed by atoms with Crippen molar-refractivity contribution in [3.8, 4) is 0 Å². The van der Waals surface area contributed by atoms with Gasteiger partial charge >= 0.3 is 0 Å². The molecule has 0 spiro atoms. The van der Waals surface area contributed by atoms with Crippen LogP contribution in [0.5, 0.6) is 0 Å². The lowest BCUT2D eigenvalue weighted by Gasteiger charge is -2.21. The van der Waals surface area contributed by atoms with Crippen LogP contribution < -0.4 is 0 Å². The van der Waals surface area contributed by atoms with Gasteiger partial charge in [0.25, 0.3) is 0 Å². The molecule has 0 unspecified atom stereocenters. The average Bonchev–Trinajstić information content (AvgIpc) is 2.23. The zero-order valence-electron chi connectivity index (χ0n) is 10.8. The van der Waals surface area contributed by atoms with E-state index in [-0.39, 0.29) is 24.6 Å². The van der Waals surface area contributed by atoms with Gasteiger partial charge in [-0.3, -0.25) is 0 Å². The summed E-state index contributed by atoms with van der Waals surface area (Å²) in [6, 6.07) is 2.40. The van der Waals surface area contributed by atoms with E-state index in [2.05, 4.69) is 0 Å². The molecule has 0 amide bonds. The molecule has 1 aromatic carbocycles. The minimum Gasteiger partial charge on any atom is -0.395 e. The number of aryl methyl sites for hydroxylation is 2. The van der Waals surface area contributed by atoms with E-state index in [4.69, 9.17) is 5.11 Å². The maximum atomic E-state index is 13.2. The fourth-order valence-electron chi connectivity index (χ4n) is 1.99. The van der Waals surface area contributed by atoms with Gasteiger partial charge in [-0.2, -0.15) is 4.31 Å². The minimum atomic E-state index is -3.68. The van der Waals surface area contributed by atoms with Crippen molar-refractivity contribution in [1.29, 1.82) is 0 Å². The van der Waals surface area contributed by atoms with E-state index < -0.39 is 15.8 Å². The highest BCUT2D eigenvalue weighted by Gasteiger charge is 2.26. The summed E-state index contributed by atoms with van der Waals surface area (Å²) >= 11 is 0. The molecule has 0 fully saturated rings. The number of sulfonamides is 1. The van der Waals surface area contributed by atoms with E-state index in [0.717, 1.165) is 0 Å². The van der Waals surface area contributed by atoms with Crippen molar-refractivity contribution in [2.75, 3.05) is 19.7 Å². The molecule has 18 heavy (non-hydrogen) atoms. The summed E-state index contributed by atoms with van der Waals surface area (Å²) in [7, 11) is -3.68. The second-order valence-corrected chi connectivity index (χ2v) is 5.96. The van der Waals surface area contributed by atoms with Crippen molar-refractivity contribution in [3.05, 3.63) is 29.1 Å². The molecule has 0 saturated carbocycles. The lowest BCUT2D eigenvalue weighted by molar-refractivity contribution is 0.257. The Morgan fingerprint density at radius 1 is 1.28 bits per heavy atom. The molecule has 0 radical (unpaired) electrons. The quantitative estimate of drug-likeness (QED) is 0.884. The second kappa shape index (κ2) is 5.77. The summed E-state index contributed by atoms with van der Waals surface area (Å²) in [5.74, 6) is -0.450. The zero-order valence-corrected chi connectivity index (χ0v) is 11.6. The first kappa shape index (κ1) is 15.1. The Morgan fingerprint density at radius 2 is 1.78 bits per heavy atom. The van der Waals surface area contributed by atoms with Crippen LogP contribution in [-0.2, 0) is 10.0 Å². The monoisotopic (exact) mass is 275 g/mol. The van der Waals surface area contributed by atoms with Gasteiger partial charge in [0.1, 0.15) is 5.82 Å². The van der Waals surface area contributed by atoms with Crippen molar-refractivity contribution >= 4 is 10.0 Å². The summed E-state index contributed by atoms with van der Waals surface area (Å²) in [5.41, 5.74) is 0.757. The maximum absolute atomic E-state index is 13.2. The van der Waals surface area contributed by atoms with Gasteiger partial charge in [0.05, 0.1) is 11.5 Å². The number of aliphatic hydroxyl groups excluding tert-OH is 1. The van der Waals surface area contributed by atoms with E-state index >= 15 is 0 Å². The second-order valence-electron chi connectivity index (χ2n) is 4.09. The lowest BCUT2D eigenvalue weighted by Crippen LogP contribution is -2.34. The predicted molar refractivity (Wildman–Crippen MR) is 67.4 cm³/mol. The summed E-state index contributed by atoms with van der Waals surface area (Å²) in [5, 5.41) is 8.89. The molecule has 0 atom stereocenters. The SMILES string of the molecule is CCN(CCO)S(=O)(=O)c1c(C)cc(F)cc1C. The Kier molecular flexibility index (Phi) is 4.84. The molecule has 0 bridgehead atoms. The third-order valence-corrected chi connectivity index (χ3v) is 5.01. The molecule has 102 valence electrons. The number of rotatable bonds is 5. The number of benzene rings is 1. The Hall–Kier alpha value is -0.980. The first-order valence-electron chi connectivity index (χ1n) is 5.72. The van der Waals surface area contributed by atoms with Gasteiger partial charge in [-0.1, -0.05) is 6.92 Å². The van der Waals surface area contributed by atoms with Gasteiger partial charge in [-0.05, 0) is 37.1 Å². The standard InChI is InChI=1S/C12H18FNO3S/c1-4-14(5-6-15)18(16,17)12-9(2)7-11(13)8-10(12)3/h7-8,15H,4-6H2,1-3H3. The van der Waals surface area contributed by atoms with Gasteiger partial charge in [-0.15, -0.1) is 0 Å². The summed E-state index contributed by atoms with van der Waals surface area (Å²) in [6.07, 6.45) is 0. The molecule has 0 aliphatic carbocycles. The van der Waals surface area contributed by atoms with Crippen molar-refractivity contribution in [3.63, 3.8) is 0 Å². The molecule has 6 heteroatoms. The average molecular weight is 275 g/mol. The van der Waals surface area contributed by atoms with Crippen LogP contribution in [0.15, 0.2) is 17.0 Å². The molecule has 0 heterocycles. The van der Waals surface area contributed by atoms with Crippen LogP contribution in [0.4, 0.5) is 4.39 Å². The smallest absolute Gasteiger partial charge is 0.243 e. The van der Waals surface area contributed by atoms with Crippen LogP contribution in [0.25, 0.3) is 0 Å². The third kappa shape index (κ3) is 2.88. The highest BCUT2D eigenvalue weighted by Crippen LogP contribution is 2.24. The molecule has 1 N–H and O–H groups in total. The number of nitrogens with zero attached hydrogens (tertiary/aromatic N) is 1. The van der Waals surface area contributed by atoms with Crippen molar-refractivity contribution < 1.29 is 17.9 Å². The largest absolute Gasteiger partial charge is 0.395 e. The summed E-state index contributed by atoms with van der Waals surface area (Å²) in [6.45, 7) is 4.88. The highest BCUT2D eigenvalue weighted by atomic mass is 32.2. The van der Waals surface area contributed by atoms with Crippen LogP contribution >= 0.6 is 0 Å². The Balaban J connectivity index is 3.36. The molecule has 4 nitrogen and oxygen atoms in total. The number of hydrogen-bond acceptors (Lipinski definition) is 3. The first-order valence-corrected chi connectivity index (χ1v) is 7.16. The molecule has 0 saturated heterocycles. The number of aliphatic hydroxyl groups is 1. The van der Waals surface area contributed by atoms with E-state index in [1.54, 1.807) is 20.8 Å². The normalized spacial score (nSPS) is 12.1. The zero-order chi connectivity index (χ0) is 13.9. The molecule has 0 aliphatic rings. The molecular weight excluding hydrogens is 257 g/mol. The van der Waals surface area contributed by atoms with E-state index in [1.807, 2.05) is 0 Å². The van der Waals surface area contributed by atoms with Crippen LogP contribution in [0.3, 0.4) is 0 Å². The van der Waals surface area contributed by atoms with Gasteiger partial charge in [-0.25, -0.2) is 12.8 Å². The van der Waals surface area contributed by atoms with Gasteiger partial charge in [0, 0.05) is 13.1 Å². The minimum absolute atomic E-state index is 0.0368. The van der Waals surface area contributed by atoms with E-state index in [1.165, 1.54) is 16.4 Å². The number of likely N-dealkylation sites (N-methyl/N-ethyl adjacent to an activating group) is 1. The van der Waals surface area contributed by atoms with Crippen molar-refractivity contribution in [1.82, 2.24) is 4.31 Å².